The van der Waals surface area contributed by atoms with Crippen LogP contribution in [0.5, 0.6) is 0 Å². The first-order valence-corrected chi connectivity index (χ1v) is 26.5. The molecule has 6 aromatic rings. The molecule has 3 fully saturated rings. The lowest BCUT2D eigenvalue weighted by atomic mass is 9.95. The molecule has 0 saturated carbocycles. The van der Waals surface area contributed by atoms with Crippen LogP contribution in [-0.2, 0) is 60.3 Å². The van der Waals surface area contributed by atoms with Gasteiger partial charge in [-0.1, -0.05) is 197 Å². The number of carbonyl (C=O) groups excluding carboxylic acids is 1. The van der Waals surface area contributed by atoms with Gasteiger partial charge in [0.2, 0.25) is 0 Å². The van der Waals surface area contributed by atoms with Crippen molar-refractivity contribution in [3.63, 3.8) is 0 Å². The van der Waals surface area contributed by atoms with Crippen LogP contribution in [0.3, 0.4) is 0 Å². The molecule has 1 unspecified atom stereocenters. The topological polar surface area (TPSA) is 130 Å². The molecule has 6 aromatic carbocycles. The van der Waals surface area contributed by atoms with E-state index in [1.807, 2.05) is 133 Å². The molecule has 12 nitrogen and oxygen atoms in total. The number of hydrogen-bond donors (Lipinski definition) is 1. The molecule has 11 atom stereocenters. The minimum absolute atomic E-state index is 0.0378. The van der Waals surface area contributed by atoms with E-state index in [0.717, 1.165) is 27.1 Å². The third kappa shape index (κ3) is 11.7. The molecule has 0 radical (unpaired) electrons. The van der Waals surface area contributed by atoms with Gasteiger partial charge < -0.3 is 52.2 Å². The van der Waals surface area contributed by atoms with E-state index in [9.17, 15) is 9.90 Å². The number of esters is 1. The first-order valence-electron chi connectivity index (χ1n) is 24.6. The van der Waals surface area contributed by atoms with Crippen molar-refractivity contribution in [2.75, 3.05) is 19.8 Å². The summed E-state index contributed by atoms with van der Waals surface area (Å²) in [4.78, 5) is 14.3. The van der Waals surface area contributed by atoms with Gasteiger partial charge in [-0.25, -0.2) is 4.79 Å². The molecule has 72 heavy (non-hydrogen) atoms. The van der Waals surface area contributed by atoms with Gasteiger partial charge in [-0.2, -0.15) is 0 Å². The Morgan fingerprint density at radius 3 is 1.75 bits per heavy atom. The molecule has 3 aliphatic rings. The number of fused-ring (bicyclic) bond motifs is 1. The summed E-state index contributed by atoms with van der Waals surface area (Å²) in [6.07, 6.45) is -9.99. The SMILES string of the molecule is C=CCO[C@@H]1[C@@H](O)[C@H](O[C@H]2[C@H](OCc3ccccc3)[C@@H](OC(=O)c3ccccc3)[C@H](OCc3ccccc3)O[C@@H]2CO[Si](c2ccccc2)(c2ccccc2)C(C)(C)C)O[C@@H]2COC(c3ccccc3)O[C@H]12. The van der Waals surface area contributed by atoms with Gasteiger partial charge in [0.25, 0.3) is 8.32 Å². The average molecular weight is 993 g/mol. The smallest absolute Gasteiger partial charge is 0.338 e. The summed E-state index contributed by atoms with van der Waals surface area (Å²) < 4.78 is 68.0. The van der Waals surface area contributed by atoms with Crippen molar-refractivity contribution in [3.8, 4) is 0 Å². The minimum atomic E-state index is -3.23. The lowest BCUT2D eigenvalue weighted by Crippen LogP contribution is -2.69. The Morgan fingerprint density at radius 1 is 0.639 bits per heavy atom. The van der Waals surface area contributed by atoms with E-state index in [-0.39, 0.29) is 33.0 Å². The quantitative estimate of drug-likeness (QED) is 0.0475. The first-order chi connectivity index (χ1) is 35.1. The third-order valence-electron chi connectivity index (χ3n) is 13.3. The van der Waals surface area contributed by atoms with Crippen LogP contribution in [-0.4, -0.2) is 101 Å². The third-order valence-corrected chi connectivity index (χ3v) is 18.3. The second-order valence-electron chi connectivity index (χ2n) is 19.2. The van der Waals surface area contributed by atoms with E-state index >= 15 is 0 Å². The Balaban J connectivity index is 1.14. The molecule has 0 spiro atoms. The second kappa shape index (κ2) is 23.9. The Morgan fingerprint density at radius 2 is 1.18 bits per heavy atom. The number of ether oxygens (including phenoxy) is 9. The maximum absolute atomic E-state index is 14.3. The van der Waals surface area contributed by atoms with E-state index < -0.39 is 87.0 Å². The summed E-state index contributed by atoms with van der Waals surface area (Å²) in [7, 11) is -3.23. The fourth-order valence-electron chi connectivity index (χ4n) is 9.86. The maximum atomic E-state index is 14.3. The van der Waals surface area contributed by atoms with Gasteiger partial charge in [0.15, 0.2) is 25.0 Å². The molecule has 9 rings (SSSR count). The van der Waals surface area contributed by atoms with Crippen LogP contribution in [0.1, 0.15) is 54.1 Å². The monoisotopic (exact) mass is 992 g/mol. The number of aliphatic hydroxyl groups is 1. The van der Waals surface area contributed by atoms with Crippen molar-refractivity contribution in [2.24, 2.45) is 0 Å². The highest BCUT2D eigenvalue weighted by Gasteiger charge is 2.57. The molecule has 1 N–H and O–H groups in total. The fourth-order valence-corrected chi connectivity index (χ4v) is 14.4. The van der Waals surface area contributed by atoms with Crippen LogP contribution in [0.15, 0.2) is 195 Å². The van der Waals surface area contributed by atoms with Gasteiger partial charge in [0.1, 0.15) is 42.7 Å². The zero-order chi connectivity index (χ0) is 49.9. The molecule has 0 amide bonds. The van der Waals surface area contributed by atoms with E-state index in [0.29, 0.717) is 5.56 Å². The average Bonchev–Trinajstić information content (AvgIpc) is 3.42. The van der Waals surface area contributed by atoms with Gasteiger partial charge in [-0.15, -0.1) is 6.58 Å². The van der Waals surface area contributed by atoms with Gasteiger partial charge in [-0.05, 0) is 38.7 Å². The van der Waals surface area contributed by atoms with Crippen LogP contribution in [0, 0.1) is 0 Å². The number of aliphatic hydroxyl groups excluding tert-OH is 1. The molecule has 3 aliphatic heterocycles. The van der Waals surface area contributed by atoms with Crippen LogP contribution >= 0.6 is 0 Å². The van der Waals surface area contributed by atoms with Crippen LogP contribution in [0.2, 0.25) is 5.04 Å². The van der Waals surface area contributed by atoms with Gasteiger partial charge in [-0.3, -0.25) is 0 Å². The van der Waals surface area contributed by atoms with Crippen LogP contribution in [0.25, 0.3) is 0 Å². The van der Waals surface area contributed by atoms with E-state index in [1.165, 1.54) is 0 Å². The Bertz CT molecular complexity index is 2550. The highest BCUT2D eigenvalue weighted by molar-refractivity contribution is 6.99. The summed E-state index contributed by atoms with van der Waals surface area (Å²) in [6.45, 7) is 10.9. The first kappa shape index (κ1) is 51.3. The molecule has 0 aromatic heterocycles. The van der Waals surface area contributed by atoms with Crippen LogP contribution in [0.4, 0.5) is 0 Å². The molecule has 3 saturated heterocycles. The zero-order valence-electron chi connectivity index (χ0n) is 40.9. The number of benzene rings is 6. The predicted octanol–water partition coefficient (Wildman–Crippen LogP) is 8.47. The molecule has 13 heteroatoms. The molecular weight excluding hydrogens is 929 g/mol. The van der Waals surface area contributed by atoms with Crippen molar-refractivity contribution >= 4 is 24.7 Å². The largest absolute Gasteiger partial charge is 0.450 e. The summed E-state index contributed by atoms with van der Waals surface area (Å²) in [6, 6.07) is 58.3. The molecule has 376 valence electrons. The van der Waals surface area contributed by atoms with E-state index in [1.54, 1.807) is 30.3 Å². The summed E-state index contributed by atoms with van der Waals surface area (Å²) in [5.41, 5.74) is 2.87. The lowest BCUT2D eigenvalue weighted by molar-refractivity contribution is -0.390. The molecule has 0 bridgehead atoms. The molecule has 0 aliphatic carbocycles. The van der Waals surface area contributed by atoms with Crippen LogP contribution < -0.4 is 10.4 Å². The summed E-state index contributed by atoms with van der Waals surface area (Å²) >= 11 is 0. The Kier molecular flexibility index (Phi) is 17.0. The minimum Gasteiger partial charge on any atom is -0.450 e. The number of rotatable bonds is 19. The maximum Gasteiger partial charge on any atom is 0.338 e. The summed E-state index contributed by atoms with van der Waals surface area (Å²) in [5, 5.41) is 14.2. The molecular formula is C59H64O12Si. The molecule has 3 heterocycles. The standard InChI is InChI=1S/C59H64O12Si/c1-5-36-62-52-49(60)57(67-47-39-65-56(70-50(47)52)44-30-18-9-19-31-44)71-51-48(40-66-72(59(2,3)4,45-32-20-10-21-33-45)46-34-22-11-23-35-46)68-58(64-38-42-26-14-7-15-27-42)54(69-55(61)43-28-16-8-17-29-43)53(51)63-37-41-24-12-6-13-25-41/h5-35,47-54,56-58,60H,1,36-40H2,2-4H3/t47-,48-,49-,50+,51-,52-,53+,54-,56?,57+,58-/m1/s1. The van der Waals surface area contributed by atoms with E-state index in [2.05, 4.69) is 51.6 Å². The van der Waals surface area contributed by atoms with Crippen molar-refractivity contribution in [1.29, 1.82) is 0 Å². The van der Waals surface area contributed by atoms with Crippen molar-refractivity contribution in [2.45, 2.75) is 107 Å². The van der Waals surface area contributed by atoms with Gasteiger partial charge >= 0.3 is 5.97 Å². The van der Waals surface area contributed by atoms with Gasteiger partial charge in [0.05, 0.1) is 38.6 Å². The lowest BCUT2D eigenvalue weighted by Gasteiger charge is -2.51. The highest BCUT2D eigenvalue weighted by Crippen LogP contribution is 2.41. The Hall–Kier alpha value is -5.65. The predicted molar refractivity (Wildman–Crippen MR) is 274 cm³/mol. The fraction of sp³-hybridized carbons (Fsp3) is 0.339. The van der Waals surface area contributed by atoms with E-state index in [4.69, 9.17) is 47.1 Å². The summed E-state index contributed by atoms with van der Waals surface area (Å²) in [5.74, 6) is -0.620. The second-order valence-corrected chi connectivity index (χ2v) is 23.5. The zero-order valence-corrected chi connectivity index (χ0v) is 41.9. The Labute approximate surface area is 423 Å². The van der Waals surface area contributed by atoms with Gasteiger partial charge in [0, 0.05) is 5.56 Å². The van der Waals surface area contributed by atoms with Crippen molar-refractivity contribution in [3.05, 3.63) is 217 Å². The number of carbonyl (C=O) groups is 1. The van der Waals surface area contributed by atoms with Crippen molar-refractivity contribution < 1.29 is 57.0 Å². The number of hydrogen-bond acceptors (Lipinski definition) is 12. The normalized spacial score (nSPS) is 26.5. The van der Waals surface area contributed by atoms with Crippen molar-refractivity contribution in [1.82, 2.24) is 0 Å². The highest BCUT2D eigenvalue weighted by atomic mass is 28.4.